The summed E-state index contributed by atoms with van der Waals surface area (Å²) in [7, 11) is 0. The summed E-state index contributed by atoms with van der Waals surface area (Å²) in [6, 6.07) is 3.25. The fourth-order valence-corrected chi connectivity index (χ4v) is 1.57. The Balaban J connectivity index is 2.45. The molecule has 0 aliphatic rings. The third-order valence-corrected chi connectivity index (χ3v) is 2.38. The lowest BCUT2D eigenvalue weighted by molar-refractivity contribution is -0.126. The molecule has 1 heterocycles. The third kappa shape index (κ3) is 5.46. The average molecular weight is 326 g/mol. The molecule has 4 nitrogen and oxygen atoms in total. The second kappa shape index (κ2) is 6.14. The van der Waals surface area contributed by atoms with Crippen LogP contribution in [0.4, 0.5) is 18.9 Å². The molecule has 0 aromatic carbocycles. The Hall–Kier alpha value is -1.15. The smallest absolute Gasteiger partial charge is 0.323 e. The SMILES string of the molecule is Cc1nc(Br)ccc1NC(=O)CNCC(F)(F)F. The molecule has 0 fully saturated rings. The molecule has 8 heteroatoms. The van der Waals surface area contributed by atoms with Crippen LogP contribution < -0.4 is 10.6 Å². The predicted molar refractivity (Wildman–Crippen MR) is 64.2 cm³/mol. The van der Waals surface area contributed by atoms with Crippen molar-refractivity contribution in [3.63, 3.8) is 0 Å². The molecule has 100 valence electrons. The maximum atomic E-state index is 11.8. The van der Waals surface area contributed by atoms with Gasteiger partial charge in [-0.1, -0.05) is 0 Å². The summed E-state index contributed by atoms with van der Waals surface area (Å²) in [6.07, 6.45) is -4.32. The number of aryl methyl sites for hydroxylation is 1. The monoisotopic (exact) mass is 325 g/mol. The van der Waals surface area contributed by atoms with E-state index in [0.29, 0.717) is 16.0 Å². The Bertz CT molecular complexity index is 437. The Kier molecular flexibility index (Phi) is 5.09. The lowest BCUT2D eigenvalue weighted by atomic mass is 10.3. The zero-order chi connectivity index (χ0) is 13.8. The van der Waals surface area contributed by atoms with Crippen molar-refractivity contribution in [1.29, 1.82) is 0 Å². The number of carbonyl (C=O) groups is 1. The number of hydrogen-bond acceptors (Lipinski definition) is 3. The number of aromatic nitrogens is 1. The number of nitrogens with one attached hydrogen (secondary N) is 2. The van der Waals surface area contributed by atoms with E-state index in [1.165, 1.54) is 0 Å². The van der Waals surface area contributed by atoms with Crippen LogP contribution >= 0.6 is 15.9 Å². The summed E-state index contributed by atoms with van der Waals surface area (Å²) in [4.78, 5) is 15.4. The normalized spacial score (nSPS) is 11.4. The first kappa shape index (κ1) is 14.9. The van der Waals surface area contributed by atoms with Crippen LogP contribution in [0.1, 0.15) is 5.69 Å². The van der Waals surface area contributed by atoms with Gasteiger partial charge in [-0.25, -0.2) is 4.98 Å². The van der Waals surface area contributed by atoms with E-state index in [1.54, 1.807) is 19.1 Å². The van der Waals surface area contributed by atoms with Crippen LogP contribution in [0.5, 0.6) is 0 Å². The van der Waals surface area contributed by atoms with E-state index in [9.17, 15) is 18.0 Å². The summed E-state index contributed by atoms with van der Waals surface area (Å²) >= 11 is 3.17. The molecule has 0 saturated heterocycles. The van der Waals surface area contributed by atoms with Crippen LogP contribution in [0, 0.1) is 6.92 Å². The van der Waals surface area contributed by atoms with E-state index in [1.807, 2.05) is 5.32 Å². The highest BCUT2D eigenvalue weighted by Crippen LogP contribution is 2.16. The molecule has 0 atom stereocenters. The van der Waals surface area contributed by atoms with Gasteiger partial charge >= 0.3 is 6.18 Å². The molecular formula is C10H11BrF3N3O. The van der Waals surface area contributed by atoms with Gasteiger partial charge in [0.15, 0.2) is 0 Å². The number of carbonyl (C=O) groups excluding carboxylic acids is 1. The second-order valence-corrected chi connectivity index (χ2v) is 4.35. The molecule has 1 aromatic heterocycles. The van der Waals surface area contributed by atoms with E-state index >= 15 is 0 Å². The Labute approximate surface area is 110 Å². The number of nitrogens with zero attached hydrogens (tertiary/aromatic N) is 1. The molecule has 1 amide bonds. The Morgan fingerprint density at radius 3 is 2.67 bits per heavy atom. The van der Waals surface area contributed by atoms with Crippen molar-refractivity contribution in [3.8, 4) is 0 Å². The molecule has 0 spiro atoms. The van der Waals surface area contributed by atoms with Gasteiger partial charge in [-0.2, -0.15) is 13.2 Å². The van der Waals surface area contributed by atoms with E-state index < -0.39 is 25.2 Å². The molecule has 0 saturated carbocycles. The number of rotatable bonds is 4. The summed E-state index contributed by atoms with van der Waals surface area (Å²) in [5.74, 6) is -0.550. The highest BCUT2D eigenvalue weighted by atomic mass is 79.9. The lowest BCUT2D eigenvalue weighted by Crippen LogP contribution is -2.35. The van der Waals surface area contributed by atoms with Crippen LogP contribution in [0.25, 0.3) is 0 Å². The zero-order valence-electron chi connectivity index (χ0n) is 9.44. The Morgan fingerprint density at radius 1 is 1.44 bits per heavy atom. The van der Waals surface area contributed by atoms with Crippen molar-refractivity contribution in [2.75, 3.05) is 18.4 Å². The first-order chi connectivity index (χ1) is 8.28. The average Bonchev–Trinajstić information content (AvgIpc) is 2.20. The molecule has 0 aliphatic heterocycles. The van der Waals surface area contributed by atoms with Crippen LogP contribution in [0.3, 0.4) is 0 Å². The van der Waals surface area contributed by atoms with Crippen molar-refractivity contribution in [2.45, 2.75) is 13.1 Å². The number of hydrogen-bond donors (Lipinski definition) is 2. The minimum absolute atomic E-state index is 0.408. The van der Waals surface area contributed by atoms with Gasteiger partial charge in [-0.15, -0.1) is 0 Å². The highest BCUT2D eigenvalue weighted by Gasteiger charge is 2.26. The first-order valence-electron chi connectivity index (χ1n) is 4.98. The minimum Gasteiger partial charge on any atom is -0.323 e. The van der Waals surface area contributed by atoms with Crippen LogP contribution in [0.15, 0.2) is 16.7 Å². The molecule has 1 aromatic rings. The van der Waals surface area contributed by atoms with Crippen molar-refractivity contribution in [3.05, 3.63) is 22.4 Å². The van der Waals surface area contributed by atoms with Gasteiger partial charge in [0.05, 0.1) is 24.5 Å². The summed E-state index contributed by atoms with van der Waals surface area (Å²) in [5.41, 5.74) is 1.05. The molecule has 18 heavy (non-hydrogen) atoms. The van der Waals surface area contributed by atoms with Gasteiger partial charge in [0.25, 0.3) is 0 Å². The topological polar surface area (TPSA) is 54.0 Å². The first-order valence-corrected chi connectivity index (χ1v) is 5.78. The maximum Gasteiger partial charge on any atom is 0.401 e. The van der Waals surface area contributed by atoms with Gasteiger partial charge in [0.2, 0.25) is 5.91 Å². The minimum atomic E-state index is -4.32. The zero-order valence-corrected chi connectivity index (χ0v) is 11.0. The second-order valence-electron chi connectivity index (χ2n) is 3.53. The number of pyridine rings is 1. The Morgan fingerprint density at radius 2 is 2.11 bits per heavy atom. The van der Waals surface area contributed by atoms with Crippen molar-refractivity contribution in [2.24, 2.45) is 0 Å². The van der Waals surface area contributed by atoms with Crippen molar-refractivity contribution in [1.82, 2.24) is 10.3 Å². The molecule has 0 unspecified atom stereocenters. The summed E-state index contributed by atoms with van der Waals surface area (Å²) < 4.78 is 36.1. The molecule has 0 aliphatic carbocycles. The number of anilines is 1. The molecule has 2 N–H and O–H groups in total. The van der Waals surface area contributed by atoms with Crippen molar-refractivity contribution >= 4 is 27.5 Å². The van der Waals surface area contributed by atoms with Crippen LogP contribution in [0.2, 0.25) is 0 Å². The van der Waals surface area contributed by atoms with E-state index in [0.717, 1.165) is 0 Å². The largest absolute Gasteiger partial charge is 0.401 e. The van der Waals surface area contributed by atoms with Crippen LogP contribution in [-0.4, -0.2) is 30.2 Å². The maximum absolute atomic E-state index is 11.8. The van der Waals surface area contributed by atoms with Gasteiger partial charge in [-0.3, -0.25) is 4.79 Å². The molecule has 0 radical (unpaired) electrons. The highest BCUT2D eigenvalue weighted by molar-refractivity contribution is 9.10. The van der Waals surface area contributed by atoms with E-state index in [2.05, 4.69) is 26.2 Å². The summed E-state index contributed by atoms with van der Waals surface area (Å²) in [5, 5.41) is 4.48. The van der Waals surface area contributed by atoms with E-state index in [-0.39, 0.29) is 0 Å². The van der Waals surface area contributed by atoms with Gasteiger partial charge in [0.1, 0.15) is 4.60 Å². The van der Waals surface area contributed by atoms with Gasteiger partial charge in [0, 0.05) is 0 Å². The van der Waals surface area contributed by atoms with Gasteiger partial charge < -0.3 is 10.6 Å². The quantitative estimate of drug-likeness (QED) is 0.835. The fourth-order valence-electron chi connectivity index (χ4n) is 1.17. The third-order valence-electron chi connectivity index (χ3n) is 1.94. The van der Waals surface area contributed by atoms with Crippen molar-refractivity contribution < 1.29 is 18.0 Å². The predicted octanol–water partition coefficient (Wildman–Crippen LogP) is 2.24. The summed E-state index contributed by atoms with van der Waals surface area (Å²) in [6.45, 7) is 0.0799. The van der Waals surface area contributed by atoms with E-state index in [4.69, 9.17) is 0 Å². The fraction of sp³-hybridized carbons (Fsp3) is 0.400. The lowest BCUT2D eigenvalue weighted by Gasteiger charge is -2.10. The number of amides is 1. The molecule has 0 bridgehead atoms. The van der Waals surface area contributed by atoms with Crippen LogP contribution in [-0.2, 0) is 4.79 Å². The molecular weight excluding hydrogens is 315 g/mol. The van der Waals surface area contributed by atoms with Gasteiger partial charge in [-0.05, 0) is 35.0 Å². The standard InChI is InChI=1S/C10H11BrF3N3O/c1-6-7(2-3-8(11)16-6)17-9(18)4-15-5-10(12,13)14/h2-3,15H,4-5H2,1H3,(H,17,18). The molecule has 1 rings (SSSR count). The number of halogens is 4. The number of alkyl halides is 3.